The first kappa shape index (κ1) is 23.5. The number of nitrogens with one attached hydrogen (secondary N) is 1. The van der Waals surface area contributed by atoms with Gasteiger partial charge in [-0.15, -0.1) is 0 Å². The van der Waals surface area contributed by atoms with Gasteiger partial charge in [0.05, 0.1) is 19.0 Å². The molecule has 1 aliphatic heterocycles. The van der Waals surface area contributed by atoms with Gasteiger partial charge in [-0.3, -0.25) is 14.1 Å². The summed E-state index contributed by atoms with van der Waals surface area (Å²) in [6, 6.07) is 7.59. The van der Waals surface area contributed by atoms with Crippen LogP contribution < -0.4 is 14.8 Å². The van der Waals surface area contributed by atoms with E-state index in [2.05, 4.69) is 34.3 Å². The molecule has 3 aromatic rings. The number of imidazole rings is 1. The fourth-order valence-corrected chi connectivity index (χ4v) is 4.78. The molecule has 9 heteroatoms. The lowest BCUT2D eigenvalue weighted by atomic mass is 10.0. The summed E-state index contributed by atoms with van der Waals surface area (Å²) >= 11 is 0. The Morgan fingerprint density at radius 2 is 1.89 bits per heavy atom. The lowest BCUT2D eigenvalue weighted by Crippen LogP contribution is -2.32. The molecule has 1 aliphatic carbocycles. The summed E-state index contributed by atoms with van der Waals surface area (Å²) in [7, 11) is 1.40. The predicted octanol–water partition coefficient (Wildman–Crippen LogP) is 5.05. The molecule has 2 aliphatic rings. The molecular formula is C26H30F2N4O3. The van der Waals surface area contributed by atoms with E-state index in [1.54, 1.807) is 12.3 Å². The van der Waals surface area contributed by atoms with Gasteiger partial charge in [-0.05, 0) is 75.5 Å². The van der Waals surface area contributed by atoms with Crippen LogP contribution in [-0.4, -0.2) is 53.0 Å². The summed E-state index contributed by atoms with van der Waals surface area (Å²) in [6.07, 6.45) is 9.11. The molecule has 0 bridgehead atoms. The van der Waals surface area contributed by atoms with Gasteiger partial charge in [0.2, 0.25) is 0 Å². The molecule has 2 fully saturated rings. The summed E-state index contributed by atoms with van der Waals surface area (Å²) < 4.78 is 38.6. The first-order chi connectivity index (χ1) is 16.9. The second-order valence-corrected chi connectivity index (χ2v) is 9.28. The highest BCUT2D eigenvalue weighted by molar-refractivity contribution is 6.01. The Morgan fingerprint density at radius 1 is 1.14 bits per heavy atom. The van der Waals surface area contributed by atoms with Crippen LogP contribution in [0.15, 0.2) is 36.7 Å². The van der Waals surface area contributed by atoms with Crippen molar-refractivity contribution in [1.82, 2.24) is 19.6 Å². The topological polar surface area (TPSA) is 68.1 Å². The van der Waals surface area contributed by atoms with Crippen LogP contribution in [0.25, 0.3) is 16.9 Å². The third-order valence-electron chi connectivity index (χ3n) is 6.90. The van der Waals surface area contributed by atoms with Crippen LogP contribution in [0.5, 0.6) is 11.5 Å². The Kier molecular flexibility index (Phi) is 6.60. The van der Waals surface area contributed by atoms with Crippen molar-refractivity contribution in [2.75, 3.05) is 20.2 Å². The molecule has 1 N–H and O–H groups in total. The fourth-order valence-electron chi connectivity index (χ4n) is 4.78. The average Bonchev–Trinajstić information content (AvgIpc) is 3.57. The van der Waals surface area contributed by atoms with Crippen molar-refractivity contribution in [3.05, 3.63) is 47.8 Å². The third-order valence-corrected chi connectivity index (χ3v) is 6.90. The lowest BCUT2D eigenvalue weighted by Gasteiger charge is -2.32. The van der Waals surface area contributed by atoms with Crippen LogP contribution in [0.3, 0.4) is 0 Å². The van der Waals surface area contributed by atoms with Crippen LogP contribution in [0, 0.1) is 0 Å². The number of pyridine rings is 1. The Morgan fingerprint density at radius 3 is 2.57 bits per heavy atom. The highest BCUT2D eigenvalue weighted by atomic mass is 19.3. The van der Waals surface area contributed by atoms with Crippen LogP contribution in [-0.2, 0) is 0 Å². The molecule has 7 nitrogen and oxygen atoms in total. The number of hydrogen-bond acceptors (Lipinski definition) is 5. The number of ether oxygens (including phenoxy) is 2. The number of benzene rings is 1. The first-order valence-electron chi connectivity index (χ1n) is 12.1. The van der Waals surface area contributed by atoms with Gasteiger partial charge in [0, 0.05) is 23.8 Å². The third kappa shape index (κ3) is 4.96. The quantitative estimate of drug-likeness (QED) is 0.485. The second-order valence-electron chi connectivity index (χ2n) is 9.28. The zero-order chi connectivity index (χ0) is 24.5. The molecule has 1 saturated carbocycles. The van der Waals surface area contributed by atoms with E-state index in [-0.39, 0.29) is 29.1 Å². The van der Waals surface area contributed by atoms with Crippen LogP contribution >= 0.6 is 0 Å². The smallest absolute Gasteiger partial charge is 0.387 e. The summed E-state index contributed by atoms with van der Waals surface area (Å²) in [5, 5.41) is 2.82. The number of aromatic nitrogens is 2. The van der Waals surface area contributed by atoms with E-state index in [4.69, 9.17) is 9.47 Å². The number of nitrogens with zero attached hydrogens (tertiary/aromatic N) is 3. The molecule has 5 rings (SSSR count). The Balaban J connectivity index is 1.51. The molecule has 3 heterocycles. The highest BCUT2D eigenvalue weighted by Crippen LogP contribution is 2.37. The van der Waals surface area contributed by atoms with Gasteiger partial charge in [0.1, 0.15) is 22.7 Å². The van der Waals surface area contributed by atoms with Crippen molar-refractivity contribution < 1.29 is 23.0 Å². The maximum absolute atomic E-state index is 13.3. The number of piperidine rings is 1. The van der Waals surface area contributed by atoms with Gasteiger partial charge in [-0.2, -0.15) is 8.78 Å². The van der Waals surface area contributed by atoms with E-state index in [1.165, 1.54) is 38.0 Å². The molecule has 1 amide bonds. The largest absolute Gasteiger partial charge is 0.496 e. The van der Waals surface area contributed by atoms with E-state index >= 15 is 0 Å². The standard InChI is InChI=1S/C26H30F2N4O3/c1-16(31-9-4-3-5-10-31)17-8-11-32-20(15-29-23(32)14-17)18-12-21(34-2)24(22(13-18)35-26(27)28)25(33)30-19-6-7-19/h8,11-16,19,26H,3-7,9-10H2,1-2H3,(H,30,33). The molecule has 1 aromatic carbocycles. The van der Waals surface area contributed by atoms with Gasteiger partial charge >= 0.3 is 6.61 Å². The van der Waals surface area contributed by atoms with Crippen molar-refractivity contribution >= 4 is 11.6 Å². The summed E-state index contributed by atoms with van der Waals surface area (Å²) in [5.74, 6) is -0.541. The van der Waals surface area contributed by atoms with Gasteiger partial charge in [-0.25, -0.2) is 4.98 Å². The van der Waals surface area contributed by atoms with E-state index in [1.807, 2.05) is 10.6 Å². The molecule has 0 spiro atoms. The monoisotopic (exact) mass is 484 g/mol. The van der Waals surface area contributed by atoms with Gasteiger partial charge in [-0.1, -0.05) is 6.42 Å². The number of fused-ring (bicyclic) bond motifs is 1. The van der Waals surface area contributed by atoms with E-state index in [9.17, 15) is 13.6 Å². The Hall–Kier alpha value is -3.20. The van der Waals surface area contributed by atoms with Gasteiger partial charge in [0.15, 0.2) is 0 Å². The highest BCUT2D eigenvalue weighted by Gasteiger charge is 2.29. The van der Waals surface area contributed by atoms with E-state index in [0.29, 0.717) is 11.3 Å². The number of carbonyl (C=O) groups excluding carboxylic acids is 1. The number of carbonyl (C=O) groups is 1. The number of methoxy groups -OCH3 is 1. The number of likely N-dealkylation sites (tertiary alicyclic amines) is 1. The van der Waals surface area contributed by atoms with Crippen molar-refractivity contribution in [2.24, 2.45) is 0 Å². The zero-order valence-electron chi connectivity index (χ0n) is 20.0. The van der Waals surface area contributed by atoms with Gasteiger partial charge in [0.25, 0.3) is 5.91 Å². The van der Waals surface area contributed by atoms with E-state index in [0.717, 1.165) is 31.6 Å². The molecule has 1 saturated heterocycles. The molecule has 1 unspecified atom stereocenters. The normalized spacial score (nSPS) is 17.5. The molecule has 0 radical (unpaired) electrons. The molecule has 35 heavy (non-hydrogen) atoms. The van der Waals surface area contributed by atoms with Crippen molar-refractivity contribution in [3.63, 3.8) is 0 Å². The van der Waals surface area contributed by atoms with Crippen molar-refractivity contribution in [3.8, 4) is 22.8 Å². The van der Waals surface area contributed by atoms with Crippen LogP contribution in [0.1, 0.15) is 61.0 Å². The minimum absolute atomic E-state index is 0.0325. The number of alkyl halides is 2. The predicted molar refractivity (Wildman–Crippen MR) is 128 cm³/mol. The van der Waals surface area contributed by atoms with E-state index < -0.39 is 12.5 Å². The minimum Gasteiger partial charge on any atom is -0.496 e. The summed E-state index contributed by atoms with van der Waals surface area (Å²) in [5.41, 5.74) is 3.15. The minimum atomic E-state index is -3.08. The maximum Gasteiger partial charge on any atom is 0.387 e. The first-order valence-corrected chi connectivity index (χ1v) is 12.1. The van der Waals surface area contributed by atoms with Gasteiger partial charge < -0.3 is 14.8 Å². The maximum atomic E-state index is 13.3. The number of amides is 1. The molecule has 1 atom stereocenters. The average molecular weight is 485 g/mol. The Labute approximate surface area is 203 Å². The second kappa shape index (κ2) is 9.81. The van der Waals surface area contributed by atoms with Crippen molar-refractivity contribution in [2.45, 2.75) is 57.7 Å². The fraction of sp³-hybridized carbons (Fsp3) is 0.462. The SMILES string of the molecule is COc1cc(-c2cnc3cc(C(C)N4CCCCC4)ccn23)cc(OC(F)F)c1C(=O)NC1CC1. The summed E-state index contributed by atoms with van der Waals surface area (Å²) in [6.45, 7) is 1.33. The molecular weight excluding hydrogens is 454 g/mol. The summed E-state index contributed by atoms with van der Waals surface area (Å²) in [4.78, 5) is 19.8. The number of halogens is 2. The lowest BCUT2D eigenvalue weighted by molar-refractivity contribution is -0.0502. The molecule has 186 valence electrons. The van der Waals surface area contributed by atoms with Crippen LogP contribution in [0.2, 0.25) is 0 Å². The zero-order valence-corrected chi connectivity index (χ0v) is 20.0. The molecule has 2 aromatic heterocycles. The van der Waals surface area contributed by atoms with Crippen LogP contribution in [0.4, 0.5) is 8.78 Å². The number of rotatable bonds is 8. The van der Waals surface area contributed by atoms with Crippen molar-refractivity contribution in [1.29, 1.82) is 0 Å². The Bertz CT molecular complexity index is 1220. The number of hydrogen-bond donors (Lipinski definition) is 1.